The number of pyridine rings is 1. The number of sulfonamides is 1. The molecule has 0 unspecified atom stereocenters. The number of hydrogen-bond acceptors (Lipinski definition) is 5. The van der Waals surface area contributed by atoms with Crippen LogP contribution < -0.4 is 9.62 Å². The zero-order chi connectivity index (χ0) is 20.7. The molecule has 28 heavy (non-hydrogen) atoms. The average Bonchev–Trinajstić information content (AvgIpc) is 2.86. The van der Waals surface area contributed by atoms with Crippen LogP contribution in [-0.4, -0.2) is 31.4 Å². The fourth-order valence-corrected chi connectivity index (χ4v) is 5.00. The van der Waals surface area contributed by atoms with Gasteiger partial charge in [-0.1, -0.05) is 30.7 Å². The lowest BCUT2D eigenvalue weighted by Crippen LogP contribution is -2.41. The first-order valence-electron chi connectivity index (χ1n) is 9.07. The van der Waals surface area contributed by atoms with Gasteiger partial charge in [0.05, 0.1) is 10.5 Å². The Morgan fingerprint density at radius 2 is 2.00 bits per heavy atom. The normalized spacial score (nSPS) is 18.9. The van der Waals surface area contributed by atoms with E-state index in [2.05, 4.69) is 30.5 Å². The number of carbonyl (C=O) groups is 1. The molecule has 2 aromatic rings. The van der Waals surface area contributed by atoms with Crippen LogP contribution in [0.2, 0.25) is 5.15 Å². The van der Waals surface area contributed by atoms with Crippen molar-refractivity contribution in [3.63, 3.8) is 0 Å². The molecule has 1 atom stereocenters. The maximum absolute atomic E-state index is 12.9. The van der Waals surface area contributed by atoms with Gasteiger partial charge < -0.3 is 4.90 Å². The van der Waals surface area contributed by atoms with Gasteiger partial charge in [-0.3, -0.25) is 4.79 Å². The van der Waals surface area contributed by atoms with Gasteiger partial charge in [0, 0.05) is 12.1 Å². The summed E-state index contributed by atoms with van der Waals surface area (Å²) in [5.74, 6) is 0.0949. The van der Waals surface area contributed by atoms with E-state index in [1.54, 1.807) is 19.1 Å². The quantitative estimate of drug-likeness (QED) is 0.760. The van der Waals surface area contributed by atoms with Crippen molar-refractivity contribution in [2.45, 2.75) is 44.6 Å². The summed E-state index contributed by atoms with van der Waals surface area (Å²) in [6.07, 6.45) is 0.934. The van der Waals surface area contributed by atoms with Gasteiger partial charge in [0.2, 0.25) is 0 Å². The monoisotopic (exact) mass is 421 g/mol. The first-order valence-corrected chi connectivity index (χ1v) is 10.9. The van der Waals surface area contributed by atoms with Crippen LogP contribution in [-0.2, 0) is 10.0 Å². The number of rotatable bonds is 4. The van der Waals surface area contributed by atoms with E-state index >= 15 is 0 Å². The number of anilines is 1. The molecular formula is C20H24ClN3O3S. The Bertz CT molecular complexity index is 1020. The summed E-state index contributed by atoms with van der Waals surface area (Å²) >= 11 is 6.09. The summed E-state index contributed by atoms with van der Waals surface area (Å²) in [6, 6.07) is 9.41. The lowest BCUT2D eigenvalue weighted by molar-refractivity contribution is 0.0981. The van der Waals surface area contributed by atoms with Gasteiger partial charge in [0.15, 0.2) is 0 Å². The summed E-state index contributed by atoms with van der Waals surface area (Å²) in [7, 11) is -4.00. The third-order valence-electron chi connectivity index (χ3n) is 4.94. The van der Waals surface area contributed by atoms with Crippen molar-refractivity contribution in [2.24, 2.45) is 5.92 Å². The molecule has 8 heteroatoms. The topological polar surface area (TPSA) is 79.4 Å². The van der Waals surface area contributed by atoms with Crippen LogP contribution in [0.1, 0.15) is 43.1 Å². The van der Waals surface area contributed by atoms with Crippen molar-refractivity contribution >= 4 is 33.3 Å². The summed E-state index contributed by atoms with van der Waals surface area (Å²) < 4.78 is 27.5. The largest absolute Gasteiger partial charge is 0.351 e. The van der Waals surface area contributed by atoms with Gasteiger partial charge in [0.25, 0.3) is 15.9 Å². The van der Waals surface area contributed by atoms with E-state index in [1.165, 1.54) is 24.3 Å². The summed E-state index contributed by atoms with van der Waals surface area (Å²) in [6.45, 7) is 8.78. The number of nitrogens with one attached hydrogen (secondary N) is 1. The number of hydrogen-bond donors (Lipinski definition) is 1. The Kier molecular flexibility index (Phi) is 5.42. The lowest BCUT2D eigenvalue weighted by Gasteiger charge is -2.33. The first kappa shape index (κ1) is 20.6. The maximum Gasteiger partial charge on any atom is 0.268 e. The van der Waals surface area contributed by atoms with Gasteiger partial charge in [0.1, 0.15) is 11.0 Å². The highest BCUT2D eigenvalue weighted by Crippen LogP contribution is 2.37. The summed E-state index contributed by atoms with van der Waals surface area (Å²) in [5, 5.41) is 0.253. The number of benzene rings is 1. The third-order valence-corrected chi connectivity index (χ3v) is 6.48. The molecule has 1 fully saturated rings. The van der Waals surface area contributed by atoms with Gasteiger partial charge >= 0.3 is 0 Å². The minimum atomic E-state index is -4.00. The molecule has 1 N–H and O–H groups in total. The molecule has 6 nitrogen and oxygen atoms in total. The Balaban J connectivity index is 1.97. The second kappa shape index (κ2) is 7.37. The molecule has 2 heterocycles. The van der Waals surface area contributed by atoms with Crippen molar-refractivity contribution in [1.29, 1.82) is 0 Å². The number of aryl methyl sites for hydroxylation is 1. The molecule has 1 aliphatic heterocycles. The Morgan fingerprint density at radius 3 is 2.61 bits per heavy atom. The van der Waals surface area contributed by atoms with Crippen LogP contribution in [0.25, 0.3) is 0 Å². The van der Waals surface area contributed by atoms with Crippen LogP contribution in [0.5, 0.6) is 0 Å². The van der Waals surface area contributed by atoms with Crippen LogP contribution in [0.4, 0.5) is 5.82 Å². The van der Waals surface area contributed by atoms with Crippen molar-refractivity contribution < 1.29 is 13.2 Å². The van der Waals surface area contributed by atoms with Crippen LogP contribution in [0.3, 0.4) is 0 Å². The van der Waals surface area contributed by atoms with E-state index in [9.17, 15) is 13.2 Å². The van der Waals surface area contributed by atoms with Crippen LogP contribution >= 0.6 is 11.6 Å². The predicted octanol–water partition coefficient (Wildman–Crippen LogP) is 3.79. The zero-order valence-corrected chi connectivity index (χ0v) is 17.9. The van der Waals surface area contributed by atoms with Gasteiger partial charge in [-0.2, -0.15) is 0 Å². The molecule has 1 saturated heterocycles. The van der Waals surface area contributed by atoms with Crippen molar-refractivity contribution in [2.75, 3.05) is 11.4 Å². The lowest BCUT2D eigenvalue weighted by atomic mass is 9.97. The molecule has 1 aromatic carbocycles. The molecule has 3 rings (SSSR count). The Morgan fingerprint density at radius 1 is 1.29 bits per heavy atom. The highest BCUT2D eigenvalue weighted by molar-refractivity contribution is 7.90. The first-order chi connectivity index (χ1) is 13.0. The minimum absolute atomic E-state index is 0.0412. The number of nitrogens with zero attached hydrogens (tertiary/aromatic N) is 2. The SMILES string of the molecule is Cc1cccc(S(=O)(=O)NC(=O)c2ccc(Cl)nc2N2C[C@@H](C)CC2(C)C)c1. The maximum atomic E-state index is 12.9. The van der Waals surface area contributed by atoms with Crippen molar-refractivity contribution in [3.05, 3.63) is 52.7 Å². The molecule has 150 valence electrons. The molecule has 0 spiro atoms. The van der Waals surface area contributed by atoms with E-state index < -0.39 is 15.9 Å². The fraction of sp³-hybridized carbons (Fsp3) is 0.400. The molecule has 0 saturated carbocycles. The van der Waals surface area contributed by atoms with E-state index in [4.69, 9.17) is 11.6 Å². The molecule has 0 bridgehead atoms. The number of halogens is 1. The fourth-order valence-electron chi connectivity index (χ4n) is 3.79. The van der Waals surface area contributed by atoms with Gasteiger partial charge in [-0.15, -0.1) is 0 Å². The Labute approximate surface area is 171 Å². The molecule has 0 aliphatic carbocycles. The van der Waals surface area contributed by atoms with Crippen LogP contribution in [0.15, 0.2) is 41.3 Å². The molecule has 1 aromatic heterocycles. The molecule has 1 amide bonds. The van der Waals surface area contributed by atoms with Crippen molar-refractivity contribution in [1.82, 2.24) is 9.71 Å². The number of aromatic nitrogens is 1. The highest BCUT2D eigenvalue weighted by Gasteiger charge is 2.39. The summed E-state index contributed by atoms with van der Waals surface area (Å²) in [4.78, 5) is 19.3. The van der Waals surface area contributed by atoms with Gasteiger partial charge in [-0.05, 0) is 62.9 Å². The summed E-state index contributed by atoms with van der Waals surface area (Å²) in [5.41, 5.74) is 0.751. The third kappa shape index (κ3) is 4.15. The predicted molar refractivity (Wildman–Crippen MR) is 110 cm³/mol. The number of amides is 1. The highest BCUT2D eigenvalue weighted by atomic mass is 35.5. The van der Waals surface area contributed by atoms with Gasteiger partial charge in [-0.25, -0.2) is 18.1 Å². The zero-order valence-electron chi connectivity index (χ0n) is 16.4. The van der Waals surface area contributed by atoms with Crippen molar-refractivity contribution in [3.8, 4) is 0 Å². The molecule has 1 aliphatic rings. The van der Waals surface area contributed by atoms with E-state index in [-0.39, 0.29) is 21.2 Å². The van der Waals surface area contributed by atoms with Crippen LogP contribution in [0, 0.1) is 12.8 Å². The minimum Gasteiger partial charge on any atom is -0.351 e. The number of carbonyl (C=O) groups excluding carboxylic acids is 1. The van der Waals surface area contributed by atoms with E-state index in [1.807, 2.05) is 4.90 Å². The Hall–Kier alpha value is -2.12. The van der Waals surface area contributed by atoms with E-state index in [0.29, 0.717) is 18.3 Å². The standard InChI is InChI=1S/C20H24ClN3O3S/c1-13-6-5-7-15(10-13)28(26,27)23-19(25)16-8-9-17(21)22-18(16)24-12-14(2)11-20(24,3)4/h5-10,14H,11-12H2,1-4H3,(H,23,25)/t14-/m0/s1. The second-order valence-electron chi connectivity index (χ2n) is 7.99. The van der Waals surface area contributed by atoms with E-state index in [0.717, 1.165) is 12.0 Å². The molecule has 0 radical (unpaired) electrons. The smallest absolute Gasteiger partial charge is 0.268 e. The molecular weight excluding hydrogens is 398 g/mol. The second-order valence-corrected chi connectivity index (χ2v) is 10.1. The average molecular weight is 422 g/mol.